The molecule has 0 spiro atoms. The molecule has 0 radical (unpaired) electrons. The third-order valence-electron chi connectivity index (χ3n) is 3.17. The van der Waals surface area contributed by atoms with Gasteiger partial charge in [0.2, 0.25) is 0 Å². The molecule has 1 heterocycles. The van der Waals surface area contributed by atoms with Crippen molar-refractivity contribution in [3.8, 4) is 0 Å². The van der Waals surface area contributed by atoms with E-state index in [0.29, 0.717) is 16.5 Å². The maximum absolute atomic E-state index is 11.6. The molecule has 1 aliphatic heterocycles. The second-order valence-electron chi connectivity index (χ2n) is 4.58. The van der Waals surface area contributed by atoms with Crippen LogP contribution in [0.4, 0.5) is 11.4 Å². The number of ether oxygens (including phenoxy) is 1. The largest absolute Gasteiger partial charge is 0.465 e. The number of nitro groups is 1. The van der Waals surface area contributed by atoms with Crippen molar-refractivity contribution in [3.63, 3.8) is 0 Å². The zero-order valence-corrected chi connectivity index (χ0v) is 12.2. The zero-order valence-electron chi connectivity index (χ0n) is 11.4. The van der Waals surface area contributed by atoms with Gasteiger partial charge in [0.1, 0.15) is 5.69 Å². The Morgan fingerprint density at radius 2 is 2.30 bits per heavy atom. The molecule has 108 valence electrons. The minimum Gasteiger partial charge on any atom is -0.465 e. The highest BCUT2D eigenvalue weighted by Crippen LogP contribution is 2.32. The summed E-state index contributed by atoms with van der Waals surface area (Å²) in [6.07, 6.45) is 0. The number of rotatable bonds is 3. The number of methoxy groups -OCH3 is 1. The monoisotopic (exact) mass is 296 g/mol. The van der Waals surface area contributed by atoms with Crippen LogP contribution in [0.3, 0.4) is 0 Å². The SMILES string of the molecule is COC(=O)c1ccc([N+](=O)[O-])c(N2CCSC(C)C2)c1. The molecule has 1 atom stereocenters. The van der Waals surface area contributed by atoms with Crippen molar-refractivity contribution >= 4 is 29.1 Å². The van der Waals surface area contributed by atoms with Gasteiger partial charge in [0, 0.05) is 30.2 Å². The van der Waals surface area contributed by atoms with Crippen LogP contribution in [0.5, 0.6) is 0 Å². The Kier molecular flexibility index (Phi) is 4.49. The van der Waals surface area contributed by atoms with Gasteiger partial charge in [-0.25, -0.2) is 4.79 Å². The van der Waals surface area contributed by atoms with Gasteiger partial charge < -0.3 is 9.64 Å². The van der Waals surface area contributed by atoms with Crippen molar-refractivity contribution in [1.29, 1.82) is 0 Å². The normalized spacial score (nSPS) is 18.7. The van der Waals surface area contributed by atoms with Crippen LogP contribution in [0.15, 0.2) is 18.2 Å². The first-order chi connectivity index (χ1) is 9.52. The lowest BCUT2D eigenvalue weighted by atomic mass is 10.1. The van der Waals surface area contributed by atoms with Gasteiger partial charge in [-0.15, -0.1) is 0 Å². The van der Waals surface area contributed by atoms with Crippen LogP contribution >= 0.6 is 11.8 Å². The van der Waals surface area contributed by atoms with Crippen molar-refractivity contribution in [2.24, 2.45) is 0 Å². The van der Waals surface area contributed by atoms with E-state index in [2.05, 4.69) is 11.7 Å². The molecular weight excluding hydrogens is 280 g/mol. The molecule has 0 saturated carbocycles. The number of thioether (sulfide) groups is 1. The Hall–Kier alpha value is -1.76. The molecule has 1 unspecified atom stereocenters. The predicted molar refractivity (Wildman–Crippen MR) is 78.6 cm³/mol. The first kappa shape index (κ1) is 14.6. The summed E-state index contributed by atoms with van der Waals surface area (Å²) in [5.74, 6) is 0.432. The van der Waals surface area contributed by atoms with E-state index in [4.69, 9.17) is 0 Å². The maximum Gasteiger partial charge on any atom is 0.337 e. The van der Waals surface area contributed by atoms with Crippen molar-refractivity contribution in [2.45, 2.75) is 12.2 Å². The summed E-state index contributed by atoms with van der Waals surface area (Å²) < 4.78 is 4.67. The van der Waals surface area contributed by atoms with E-state index >= 15 is 0 Å². The number of anilines is 1. The van der Waals surface area contributed by atoms with Crippen LogP contribution in [0.1, 0.15) is 17.3 Å². The van der Waals surface area contributed by atoms with Crippen molar-refractivity contribution in [2.75, 3.05) is 30.9 Å². The van der Waals surface area contributed by atoms with Crippen LogP contribution in [0, 0.1) is 10.1 Å². The molecule has 0 aliphatic carbocycles. The molecule has 1 fully saturated rings. The first-order valence-electron chi connectivity index (χ1n) is 6.26. The Bertz CT molecular complexity index is 535. The number of benzene rings is 1. The topological polar surface area (TPSA) is 72.7 Å². The third-order valence-corrected chi connectivity index (χ3v) is 4.31. The summed E-state index contributed by atoms with van der Waals surface area (Å²) in [5.41, 5.74) is 0.848. The number of hydrogen-bond donors (Lipinski definition) is 0. The average Bonchev–Trinajstić information content (AvgIpc) is 2.45. The zero-order chi connectivity index (χ0) is 14.7. The lowest BCUT2D eigenvalue weighted by Gasteiger charge is -2.32. The van der Waals surface area contributed by atoms with E-state index in [1.165, 1.54) is 19.2 Å². The van der Waals surface area contributed by atoms with Gasteiger partial charge >= 0.3 is 5.97 Å². The van der Waals surface area contributed by atoms with Crippen LogP contribution in [0.25, 0.3) is 0 Å². The number of nitrogens with zero attached hydrogens (tertiary/aromatic N) is 2. The average molecular weight is 296 g/mol. The Morgan fingerprint density at radius 1 is 1.55 bits per heavy atom. The van der Waals surface area contributed by atoms with E-state index in [1.54, 1.807) is 6.07 Å². The molecule has 1 saturated heterocycles. The number of esters is 1. The standard InChI is InChI=1S/C13H16N2O4S/c1-9-8-14(5-6-20-9)12-7-10(13(16)19-2)3-4-11(12)15(17)18/h3-4,7,9H,5-6,8H2,1-2H3. The first-order valence-corrected chi connectivity index (χ1v) is 7.31. The fraction of sp³-hybridized carbons (Fsp3) is 0.462. The quantitative estimate of drug-likeness (QED) is 0.484. The van der Waals surface area contributed by atoms with E-state index in [9.17, 15) is 14.9 Å². The number of carbonyl (C=O) groups is 1. The Labute approximate surface area is 121 Å². The number of nitro benzene ring substituents is 1. The van der Waals surface area contributed by atoms with E-state index in [-0.39, 0.29) is 5.69 Å². The molecule has 0 amide bonds. The van der Waals surface area contributed by atoms with Gasteiger partial charge in [0.05, 0.1) is 17.6 Å². The van der Waals surface area contributed by atoms with Crippen LogP contribution in [-0.4, -0.2) is 42.1 Å². The predicted octanol–water partition coefficient (Wildman–Crippen LogP) is 2.32. The summed E-state index contributed by atoms with van der Waals surface area (Å²) in [6, 6.07) is 4.34. The molecule has 1 aliphatic rings. The smallest absolute Gasteiger partial charge is 0.337 e. The molecular formula is C13H16N2O4S. The summed E-state index contributed by atoms with van der Waals surface area (Å²) >= 11 is 1.84. The van der Waals surface area contributed by atoms with Crippen molar-refractivity contribution in [3.05, 3.63) is 33.9 Å². The van der Waals surface area contributed by atoms with Crippen LogP contribution in [-0.2, 0) is 4.74 Å². The highest BCUT2D eigenvalue weighted by Gasteiger charge is 2.25. The fourth-order valence-electron chi connectivity index (χ4n) is 2.21. The van der Waals surface area contributed by atoms with Gasteiger partial charge in [-0.2, -0.15) is 11.8 Å². The molecule has 6 nitrogen and oxygen atoms in total. The van der Waals surface area contributed by atoms with Crippen LogP contribution < -0.4 is 4.90 Å². The minimum atomic E-state index is -0.486. The molecule has 7 heteroatoms. The molecule has 1 aromatic rings. The minimum absolute atomic E-state index is 0.0248. The second kappa shape index (κ2) is 6.13. The van der Waals surface area contributed by atoms with E-state index in [1.807, 2.05) is 16.7 Å². The fourth-order valence-corrected chi connectivity index (χ4v) is 3.23. The molecule has 0 bridgehead atoms. The van der Waals surface area contributed by atoms with Crippen molar-refractivity contribution < 1.29 is 14.5 Å². The number of hydrogen-bond acceptors (Lipinski definition) is 6. The maximum atomic E-state index is 11.6. The highest BCUT2D eigenvalue weighted by molar-refractivity contribution is 8.00. The van der Waals surface area contributed by atoms with Crippen LogP contribution in [0.2, 0.25) is 0 Å². The molecule has 20 heavy (non-hydrogen) atoms. The van der Waals surface area contributed by atoms with Gasteiger partial charge in [-0.05, 0) is 12.1 Å². The summed E-state index contributed by atoms with van der Waals surface area (Å²) in [5, 5.41) is 11.6. The lowest BCUT2D eigenvalue weighted by molar-refractivity contribution is -0.384. The van der Waals surface area contributed by atoms with E-state index in [0.717, 1.165) is 18.8 Å². The van der Waals surface area contributed by atoms with Crippen molar-refractivity contribution in [1.82, 2.24) is 0 Å². The molecule has 0 N–H and O–H groups in total. The van der Waals surface area contributed by atoms with Gasteiger partial charge in [0.15, 0.2) is 0 Å². The second-order valence-corrected chi connectivity index (χ2v) is 6.13. The molecule has 0 aromatic heterocycles. The summed E-state index contributed by atoms with van der Waals surface area (Å²) in [6.45, 7) is 3.56. The third kappa shape index (κ3) is 3.04. The summed E-state index contributed by atoms with van der Waals surface area (Å²) in [7, 11) is 1.29. The lowest BCUT2D eigenvalue weighted by Crippen LogP contribution is -2.37. The van der Waals surface area contributed by atoms with E-state index < -0.39 is 10.9 Å². The molecule has 1 aromatic carbocycles. The summed E-state index contributed by atoms with van der Waals surface area (Å²) in [4.78, 5) is 24.3. The molecule has 2 rings (SSSR count). The van der Waals surface area contributed by atoms with Gasteiger partial charge in [0.25, 0.3) is 5.69 Å². The Morgan fingerprint density at radius 3 is 2.90 bits per heavy atom. The Balaban J connectivity index is 2.41. The van der Waals surface area contributed by atoms with Gasteiger partial charge in [-0.3, -0.25) is 10.1 Å². The van der Waals surface area contributed by atoms with Gasteiger partial charge in [-0.1, -0.05) is 6.92 Å². The number of carbonyl (C=O) groups excluding carboxylic acids is 1. The highest BCUT2D eigenvalue weighted by atomic mass is 32.2.